The molecule has 0 fully saturated rings. The molecule has 0 saturated heterocycles. The molecule has 0 N–H and O–H groups in total. The quantitative estimate of drug-likeness (QED) is 0.470. The highest BCUT2D eigenvalue weighted by atomic mass is 14.4. The first kappa shape index (κ1) is 18.0. The maximum absolute atomic E-state index is 2.50. The summed E-state index contributed by atoms with van der Waals surface area (Å²) in [6, 6.07) is 0. The molecule has 0 saturated carbocycles. The van der Waals surface area contributed by atoms with Crippen molar-refractivity contribution in [1.29, 1.82) is 0 Å². The van der Waals surface area contributed by atoms with Crippen molar-refractivity contribution < 1.29 is 0 Å². The summed E-state index contributed by atoms with van der Waals surface area (Å²) in [5.41, 5.74) is 0.527. The smallest absolute Gasteiger partial charge is 0.0300 e. The third-order valence-corrected chi connectivity index (χ3v) is 6.03. The summed E-state index contributed by atoms with van der Waals surface area (Å²) in [7, 11) is 0. The van der Waals surface area contributed by atoms with Crippen LogP contribution in [0.4, 0.5) is 0 Å². The largest absolute Gasteiger partial charge is 0.0649 e. The van der Waals surface area contributed by atoms with Crippen LogP contribution in [0, 0.1) is 35.0 Å². The minimum atomic E-state index is 0.527. The normalized spacial score (nSPS) is 20.8. The van der Waals surface area contributed by atoms with Crippen LogP contribution in [0.1, 0.15) is 81.6 Å². The van der Waals surface area contributed by atoms with Crippen molar-refractivity contribution in [2.45, 2.75) is 81.6 Å². The van der Waals surface area contributed by atoms with Gasteiger partial charge in [-0.15, -0.1) is 0 Å². The maximum atomic E-state index is 2.50. The third kappa shape index (κ3) is 4.94. The van der Waals surface area contributed by atoms with E-state index in [0.29, 0.717) is 5.41 Å². The van der Waals surface area contributed by atoms with Gasteiger partial charge in [0.25, 0.3) is 0 Å². The summed E-state index contributed by atoms with van der Waals surface area (Å²) in [4.78, 5) is 0. The fourth-order valence-electron chi connectivity index (χ4n) is 3.01. The highest BCUT2D eigenvalue weighted by molar-refractivity contribution is 4.82. The van der Waals surface area contributed by atoms with Gasteiger partial charge in [0.15, 0.2) is 0 Å². The van der Waals surface area contributed by atoms with Gasteiger partial charge in [-0.3, -0.25) is 0 Å². The fraction of sp³-hybridized carbons (Fsp3) is 1.00. The standard InChI is InChI=1S/C18H38/c1-10-18(9,17(8)14(4)5)12-11-15(6)16(7)13(2)3/h13-17H,10-12H2,1-9H3. The number of rotatable bonds is 8. The molecular weight excluding hydrogens is 216 g/mol. The Balaban J connectivity index is 4.47. The molecule has 0 aliphatic rings. The predicted octanol–water partition coefficient (Wildman–Crippen LogP) is 6.40. The Bertz CT molecular complexity index is 216. The van der Waals surface area contributed by atoms with Crippen LogP contribution in [0.3, 0.4) is 0 Å². The van der Waals surface area contributed by atoms with Gasteiger partial charge < -0.3 is 0 Å². The zero-order chi connectivity index (χ0) is 14.5. The molecule has 0 heteroatoms. The lowest BCUT2D eigenvalue weighted by molar-refractivity contribution is 0.113. The van der Waals surface area contributed by atoms with Crippen molar-refractivity contribution in [3.63, 3.8) is 0 Å². The van der Waals surface area contributed by atoms with Crippen molar-refractivity contribution in [3.05, 3.63) is 0 Å². The van der Waals surface area contributed by atoms with Gasteiger partial charge in [-0.1, -0.05) is 68.7 Å². The first-order valence-corrected chi connectivity index (χ1v) is 8.15. The Hall–Kier alpha value is 0. The van der Waals surface area contributed by atoms with Gasteiger partial charge in [0, 0.05) is 0 Å². The van der Waals surface area contributed by atoms with Crippen LogP contribution in [0.2, 0.25) is 0 Å². The minimum Gasteiger partial charge on any atom is -0.0649 e. The molecule has 0 nitrogen and oxygen atoms in total. The summed E-state index contributed by atoms with van der Waals surface area (Å²) in [5.74, 6) is 4.14. The van der Waals surface area contributed by atoms with E-state index in [1.54, 1.807) is 0 Å². The highest BCUT2D eigenvalue weighted by Gasteiger charge is 2.31. The van der Waals surface area contributed by atoms with Crippen molar-refractivity contribution in [1.82, 2.24) is 0 Å². The van der Waals surface area contributed by atoms with Crippen LogP contribution in [-0.4, -0.2) is 0 Å². The van der Waals surface area contributed by atoms with Crippen molar-refractivity contribution >= 4 is 0 Å². The molecule has 0 spiro atoms. The lowest BCUT2D eigenvalue weighted by Crippen LogP contribution is -2.29. The summed E-state index contributed by atoms with van der Waals surface area (Å²) in [6.45, 7) is 21.7. The molecule has 0 radical (unpaired) electrons. The molecule has 110 valence electrons. The van der Waals surface area contributed by atoms with E-state index >= 15 is 0 Å². The van der Waals surface area contributed by atoms with Crippen LogP contribution >= 0.6 is 0 Å². The van der Waals surface area contributed by atoms with E-state index in [2.05, 4.69) is 62.3 Å². The van der Waals surface area contributed by atoms with Gasteiger partial charge in [0.1, 0.15) is 0 Å². The van der Waals surface area contributed by atoms with Gasteiger partial charge in [0.2, 0.25) is 0 Å². The van der Waals surface area contributed by atoms with Gasteiger partial charge >= 0.3 is 0 Å². The van der Waals surface area contributed by atoms with E-state index in [1.165, 1.54) is 19.3 Å². The first-order valence-electron chi connectivity index (χ1n) is 8.15. The molecule has 4 atom stereocenters. The number of hydrogen-bond donors (Lipinski definition) is 0. The highest BCUT2D eigenvalue weighted by Crippen LogP contribution is 2.41. The molecule has 0 aliphatic carbocycles. The fourth-order valence-corrected chi connectivity index (χ4v) is 3.01. The molecule has 0 aromatic rings. The second-order valence-electron chi connectivity index (χ2n) is 7.66. The molecule has 0 amide bonds. The zero-order valence-corrected chi connectivity index (χ0v) is 14.5. The first-order chi connectivity index (χ1) is 8.15. The Morgan fingerprint density at radius 3 is 1.67 bits per heavy atom. The van der Waals surface area contributed by atoms with Gasteiger partial charge in [-0.25, -0.2) is 0 Å². The van der Waals surface area contributed by atoms with E-state index < -0.39 is 0 Å². The van der Waals surface area contributed by atoms with Gasteiger partial charge in [-0.05, 0) is 47.8 Å². The SMILES string of the molecule is CCC(C)(CCC(C)C(C)C(C)C)C(C)C(C)C. The van der Waals surface area contributed by atoms with Gasteiger partial charge in [0.05, 0.1) is 0 Å². The third-order valence-electron chi connectivity index (χ3n) is 6.03. The Kier molecular flexibility index (Phi) is 7.56. The topological polar surface area (TPSA) is 0 Å². The average Bonchev–Trinajstić information content (AvgIpc) is 2.33. The van der Waals surface area contributed by atoms with E-state index in [0.717, 1.165) is 29.6 Å². The molecule has 0 heterocycles. The Labute approximate surface area is 117 Å². The van der Waals surface area contributed by atoms with Gasteiger partial charge in [-0.2, -0.15) is 0 Å². The second-order valence-corrected chi connectivity index (χ2v) is 7.66. The Morgan fingerprint density at radius 2 is 1.33 bits per heavy atom. The average molecular weight is 255 g/mol. The van der Waals surface area contributed by atoms with Crippen LogP contribution < -0.4 is 0 Å². The Morgan fingerprint density at radius 1 is 0.833 bits per heavy atom. The molecule has 0 bridgehead atoms. The molecule has 0 aromatic carbocycles. The molecular formula is C18H38. The summed E-state index contributed by atoms with van der Waals surface area (Å²) < 4.78 is 0. The minimum absolute atomic E-state index is 0.527. The molecule has 18 heavy (non-hydrogen) atoms. The van der Waals surface area contributed by atoms with Crippen LogP contribution in [-0.2, 0) is 0 Å². The molecule has 0 aliphatic heterocycles. The van der Waals surface area contributed by atoms with Crippen LogP contribution in [0.25, 0.3) is 0 Å². The zero-order valence-electron chi connectivity index (χ0n) is 14.5. The van der Waals surface area contributed by atoms with E-state index in [4.69, 9.17) is 0 Å². The van der Waals surface area contributed by atoms with Crippen molar-refractivity contribution in [3.8, 4) is 0 Å². The predicted molar refractivity (Wildman–Crippen MR) is 84.8 cm³/mol. The lowest BCUT2D eigenvalue weighted by Gasteiger charge is -2.39. The molecule has 0 rings (SSSR count). The second kappa shape index (κ2) is 7.56. The van der Waals surface area contributed by atoms with Crippen molar-refractivity contribution in [2.24, 2.45) is 35.0 Å². The molecule has 0 aromatic heterocycles. The van der Waals surface area contributed by atoms with Crippen LogP contribution in [0.15, 0.2) is 0 Å². The van der Waals surface area contributed by atoms with E-state index in [9.17, 15) is 0 Å². The van der Waals surface area contributed by atoms with Crippen molar-refractivity contribution in [2.75, 3.05) is 0 Å². The monoisotopic (exact) mass is 254 g/mol. The lowest BCUT2D eigenvalue weighted by atomic mass is 9.67. The maximum Gasteiger partial charge on any atom is -0.0300 e. The van der Waals surface area contributed by atoms with E-state index in [1.807, 2.05) is 0 Å². The summed E-state index contributed by atoms with van der Waals surface area (Å²) in [5, 5.41) is 0. The van der Waals surface area contributed by atoms with Crippen LogP contribution in [0.5, 0.6) is 0 Å². The number of hydrogen-bond acceptors (Lipinski definition) is 0. The molecule has 4 unspecified atom stereocenters. The van der Waals surface area contributed by atoms with E-state index in [-0.39, 0.29) is 0 Å². The summed E-state index contributed by atoms with van der Waals surface area (Å²) >= 11 is 0. The summed E-state index contributed by atoms with van der Waals surface area (Å²) in [6.07, 6.45) is 4.09.